The monoisotopic (exact) mass is 188 g/mol. The summed E-state index contributed by atoms with van der Waals surface area (Å²) in [5, 5.41) is 11.4. The topological polar surface area (TPSA) is 42.7 Å². The molecule has 0 aliphatic carbocycles. The number of aryl methyl sites for hydroxylation is 1. The van der Waals surface area contributed by atoms with Crippen LogP contribution in [0.2, 0.25) is 0 Å². The van der Waals surface area contributed by atoms with Gasteiger partial charge in [-0.05, 0) is 12.1 Å². The van der Waals surface area contributed by atoms with Crippen LogP contribution < -0.4 is 5.32 Å². The smallest absolute Gasteiger partial charge is 0.102 e. The first-order chi connectivity index (χ1) is 6.84. The summed E-state index contributed by atoms with van der Waals surface area (Å²) < 4.78 is 0. The van der Waals surface area contributed by atoms with E-state index in [1.54, 1.807) is 11.0 Å². The molecule has 0 fully saturated rings. The normalized spacial score (nSPS) is 10.1. The Balaban J connectivity index is 1.95. The zero-order valence-electron chi connectivity index (χ0n) is 8.01. The SMILES string of the molecule is Cn1ncc(CNc2ccccc2)n1. The van der Waals surface area contributed by atoms with Gasteiger partial charge in [-0.2, -0.15) is 15.0 Å². The van der Waals surface area contributed by atoms with Crippen LogP contribution in [-0.4, -0.2) is 15.0 Å². The predicted molar refractivity (Wildman–Crippen MR) is 54.8 cm³/mol. The third kappa shape index (κ3) is 2.10. The number of anilines is 1. The maximum atomic E-state index is 4.17. The Morgan fingerprint density at radius 3 is 2.71 bits per heavy atom. The van der Waals surface area contributed by atoms with Gasteiger partial charge in [0, 0.05) is 12.7 Å². The molecular formula is C10H12N4. The average molecular weight is 188 g/mol. The molecule has 1 N–H and O–H groups in total. The van der Waals surface area contributed by atoms with Crippen LogP contribution in [0.25, 0.3) is 0 Å². The minimum Gasteiger partial charge on any atom is -0.379 e. The Morgan fingerprint density at radius 1 is 1.29 bits per heavy atom. The summed E-state index contributed by atoms with van der Waals surface area (Å²) in [6.45, 7) is 0.706. The van der Waals surface area contributed by atoms with Crippen molar-refractivity contribution in [2.45, 2.75) is 6.54 Å². The van der Waals surface area contributed by atoms with E-state index in [9.17, 15) is 0 Å². The Bertz CT molecular complexity index is 394. The molecular weight excluding hydrogens is 176 g/mol. The first kappa shape index (κ1) is 8.74. The van der Waals surface area contributed by atoms with Crippen molar-refractivity contribution in [3.8, 4) is 0 Å². The minimum atomic E-state index is 0.706. The highest BCUT2D eigenvalue weighted by atomic mass is 15.4. The van der Waals surface area contributed by atoms with E-state index < -0.39 is 0 Å². The predicted octanol–water partition coefficient (Wildman–Crippen LogP) is 1.43. The molecule has 2 aromatic rings. The molecule has 0 bridgehead atoms. The second kappa shape index (κ2) is 3.91. The van der Waals surface area contributed by atoms with Crippen molar-refractivity contribution in [3.63, 3.8) is 0 Å². The lowest BCUT2D eigenvalue weighted by Gasteiger charge is -2.02. The first-order valence-corrected chi connectivity index (χ1v) is 4.49. The maximum Gasteiger partial charge on any atom is 0.102 e. The van der Waals surface area contributed by atoms with Gasteiger partial charge in [-0.15, -0.1) is 0 Å². The van der Waals surface area contributed by atoms with Gasteiger partial charge in [0.1, 0.15) is 5.69 Å². The molecule has 0 amide bonds. The molecule has 2 rings (SSSR count). The molecule has 1 aromatic heterocycles. The molecule has 14 heavy (non-hydrogen) atoms. The van der Waals surface area contributed by atoms with E-state index in [1.807, 2.05) is 37.4 Å². The van der Waals surface area contributed by atoms with E-state index in [2.05, 4.69) is 15.5 Å². The van der Waals surface area contributed by atoms with E-state index in [-0.39, 0.29) is 0 Å². The van der Waals surface area contributed by atoms with Gasteiger partial charge in [0.2, 0.25) is 0 Å². The summed E-state index contributed by atoms with van der Waals surface area (Å²) in [5.74, 6) is 0. The van der Waals surface area contributed by atoms with E-state index in [4.69, 9.17) is 0 Å². The van der Waals surface area contributed by atoms with Crippen LogP contribution in [0.4, 0.5) is 5.69 Å². The third-order valence-corrected chi connectivity index (χ3v) is 1.89. The fourth-order valence-corrected chi connectivity index (χ4v) is 1.22. The number of hydrogen-bond donors (Lipinski definition) is 1. The van der Waals surface area contributed by atoms with E-state index in [0.29, 0.717) is 6.54 Å². The lowest BCUT2D eigenvalue weighted by atomic mass is 10.3. The fourth-order valence-electron chi connectivity index (χ4n) is 1.22. The number of para-hydroxylation sites is 1. The Morgan fingerprint density at radius 2 is 2.07 bits per heavy atom. The summed E-state index contributed by atoms with van der Waals surface area (Å²) in [6.07, 6.45) is 1.76. The molecule has 4 heteroatoms. The molecule has 1 heterocycles. The zero-order valence-corrected chi connectivity index (χ0v) is 8.01. The van der Waals surface area contributed by atoms with Crippen LogP contribution >= 0.6 is 0 Å². The van der Waals surface area contributed by atoms with Crippen LogP contribution in [0.5, 0.6) is 0 Å². The second-order valence-corrected chi connectivity index (χ2v) is 3.04. The minimum absolute atomic E-state index is 0.706. The van der Waals surface area contributed by atoms with Crippen molar-refractivity contribution >= 4 is 5.69 Å². The van der Waals surface area contributed by atoms with Crippen LogP contribution in [0.15, 0.2) is 36.5 Å². The average Bonchev–Trinajstić information content (AvgIpc) is 2.63. The quantitative estimate of drug-likeness (QED) is 0.792. The highest BCUT2D eigenvalue weighted by Crippen LogP contribution is 2.06. The number of aromatic nitrogens is 3. The molecule has 0 saturated carbocycles. The molecule has 0 saturated heterocycles. The third-order valence-electron chi connectivity index (χ3n) is 1.89. The number of benzene rings is 1. The summed E-state index contributed by atoms with van der Waals surface area (Å²) in [6, 6.07) is 10.0. The van der Waals surface area contributed by atoms with E-state index in [1.165, 1.54) is 0 Å². The molecule has 4 nitrogen and oxygen atoms in total. The molecule has 0 radical (unpaired) electrons. The van der Waals surface area contributed by atoms with Gasteiger partial charge < -0.3 is 5.32 Å². The van der Waals surface area contributed by atoms with Crippen molar-refractivity contribution in [1.82, 2.24) is 15.0 Å². The van der Waals surface area contributed by atoms with E-state index in [0.717, 1.165) is 11.4 Å². The number of nitrogens with one attached hydrogen (secondary N) is 1. The summed E-state index contributed by atoms with van der Waals surface area (Å²) in [4.78, 5) is 1.56. The van der Waals surface area contributed by atoms with Crippen molar-refractivity contribution in [2.24, 2.45) is 7.05 Å². The van der Waals surface area contributed by atoms with Gasteiger partial charge in [0.25, 0.3) is 0 Å². The summed E-state index contributed by atoms with van der Waals surface area (Å²) in [7, 11) is 1.81. The largest absolute Gasteiger partial charge is 0.379 e. The van der Waals surface area contributed by atoms with Crippen molar-refractivity contribution in [3.05, 3.63) is 42.2 Å². The van der Waals surface area contributed by atoms with Gasteiger partial charge in [0.15, 0.2) is 0 Å². The first-order valence-electron chi connectivity index (χ1n) is 4.49. The number of rotatable bonds is 3. The molecule has 0 unspecified atom stereocenters. The van der Waals surface area contributed by atoms with Crippen molar-refractivity contribution in [2.75, 3.05) is 5.32 Å². The Labute approximate surface area is 82.6 Å². The summed E-state index contributed by atoms with van der Waals surface area (Å²) in [5.41, 5.74) is 2.04. The van der Waals surface area contributed by atoms with Crippen LogP contribution in [0.3, 0.4) is 0 Å². The molecule has 0 aliphatic rings. The molecule has 0 spiro atoms. The lowest BCUT2D eigenvalue weighted by Crippen LogP contribution is -2.00. The van der Waals surface area contributed by atoms with E-state index >= 15 is 0 Å². The van der Waals surface area contributed by atoms with Gasteiger partial charge in [0.05, 0.1) is 12.7 Å². The second-order valence-electron chi connectivity index (χ2n) is 3.04. The van der Waals surface area contributed by atoms with Crippen molar-refractivity contribution < 1.29 is 0 Å². The lowest BCUT2D eigenvalue weighted by molar-refractivity contribution is 0.646. The van der Waals surface area contributed by atoms with Crippen LogP contribution in [-0.2, 0) is 13.6 Å². The number of hydrogen-bond acceptors (Lipinski definition) is 3. The maximum absolute atomic E-state index is 4.17. The fraction of sp³-hybridized carbons (Fsp3) is 0.200. The van der Waals surface area contributed by atoms with Gasteiger partial charge in [-0.3, -0.25) is 0 Å². The molecule has 1 aromatic carbocycles. The Kier molecular flexibility index (Phi) is 2.44. The Hall–Kier alpha value is -1.84. The number of nitrogens with zero attached hydrogens (tertiary/aromatic N) is 3. The van der Waals surface area contributed by atoms with Crippen LogP contribution in [0, 0.1) is 0 Å². The van der Waals surface area contributed by atoms with Crippen molar-refractivity contribution in [1.29, 1.82) is 0 Å². The van der Waals surface area contributed by atoms with Crippen LogP contribution in [0.1, 0.15) is 5.69 Å². The standard InChI is InChI=1S/C10H12N4/c1-14-12-8-10(13-14)7-11-9-5-3-2-4-6-9/h2-6,8,11H,7H2,1H3. The molecule has 72 valence electrons. The highest BCUT2D eigenvalue weighted by molar-refractivity contribution is 5.42. The zero-order chi connectivity index (χ0) is 9.80. The van der Waals surface area contributed by atoms with Gasteiger partial charge in [-0.25, -0.2) is 0 Å². The molecule has 0 atom stereocenters. The van der Waals surface area contributed by atoms with Gasteiger partial charge >= 0.3 is 0 Å². The molecule has 0 aliphatic heterocycles. The highest BCUT2D eigenvalue weighted by Gasteiger charge is 1.96. The summed E-state index contributed by atoms with van der Waals surface area (Å²) >= 11 is 0. The van der Waals surface area contributed by atoms with Gasteiger partial charge in [-0.1, -0.05) is 18.2 Å².